The number of anilines is 1. The maximum absolute atomic E-state index is 11.1. The Hall–Kier alpha value is -2.62. The minimum atomic E-state index is -0.575. The average molecular weight is 263 g/mol. The molecule has 1 atom stereocenters. The van der Waals surface area contributed by atoms with Crippen molar-refractivity contribution in [1.29, 1.82) is 5.26 Å². The van der Waals surface area contributed by atoms with Gasteiger partial charge in [0.05, 0.1) is 30.1 Å². The summed E-state index contributed by atoms with van der Waals surface area (Å²) < 4.78 is 4.52. The molecule has 0 saturated carbocycles. The van der Waals surface area contributed by atoms with E-state index in [1.54, 1.807) is 6.92 Å². The van der Waals surface area contributed by atoms with Crippen molar-refractivity contribution in [3.05, 3.63) is 33.9 Å². The number of nitrogens with zero attached hydrogens (tertiary/aromatic N) is 2. The van der Waals surface area contributed by atoms with E-state index in [4.69, 9.17) is 5.26 Å². The molecule has 0 spiro atoms. The van der Waals surface area contributed by atoms with E-state index in [1.165, 1.54) is 25.3 Å². The number of hydrogen-bond acceptors (Lipinski definition) is 6. The van der Waals surface area contributed by atoms with Gasteiger partial charge in [-0.2, -0.15) is 5.26 Å². The predicted molar refractivity (Wildman–Crippen MR) is 67.5 cm³/mol. The van der Waals surface area contributed by atoms with Crippen molar-refractivity contribution < 1.29 is 14.5 Å². The first-order valence-electron chi connectivity index (χ1n) is 5.49. The fourth-order valence-electron chi connectivity index (χ4n) is 1.52. The van der Waals surface area contributed by atoms with Crippen LogP contribution in [0.15, 0.2) is 18.2 Å². The van der Waals surface area contributed by atoms with E-state index in [1.807, 2.05) is 6.07 Å². The van der Waals surface area contributed by atoms with E-state index >= 15 is 0 Å². The Morgan fingerprint density at radius 1 is 1.63 bits per heavy atom. The van der Waals surface area contributed by atoms with Crippen LogP contribution in [0.5, 0.6) is 0 Å². The highest BCUT2D eigenvalue weighted by Crippen LogP contribution is 2.26. The second kappa shape index (κ2) is 6.35. The molecular formula is C12H13N3O4. The fraction of sp³-hybridized carbons (Fsp3) is 0.333. The Morgan fingerprint density at radius 3 is 2.84 bits per heavy atom. The minimum Gasteiger partial charge on any atom is -0.469 e. The van der Waals surface area contributed by atoms with Gasteiger partial charge in [-0.05, 0) is 19.1 Å². The van der Waals surface area contributed by atoms with E-state index in [-0.39, 0.29) is 29.4 Å². The van der Waals surface area contributed by atoms with E-state index in [2.05, 4.69) is 10.1 Å². The molecular weight excluding hydrogens is 250 g/mol. The van der Waals surface area contributed by atoms with Crippen LogP contribution < -0.4 is 5.32 Å². The molecule has 0 aliphatic carbocycles. The molecule has 7 nitrogen and oxygen atoms in total. The fourth-order valence-corrected chi connectivity index (χ4v) is 1.52. The van der Waals surface area contributed by atoms with Crippen molar-refractivity contribution >= 4 is 17.3 Å². The maximum Gasteiger partial charge on any atom is 0.307 e. The molecule has 100 valence electrons. The molecule has 1 unspecified atom stereocenters. The van der Waals surface area contributed by atoms with E-state index in [0.717, 1.165) is 0 Å². The van der Waals surface area contributed by atoms with Gasteiger partial charge in [-0.3, -0.25) is 14.9 Å². The molecule has 7 heteroatoms. The lowest BCUT2D eigenvalue weighted by molar-refractivity contribution is -0.384. The van der Waals surface area contributed by atoms with Gasteiger partial charge in [0.2, 0.25) is 0 Å². The highest BCUT2D eigenvalue weighted by atomic mass is 16.6. The van der Waals surface area contributed by atoms with Crippen molar-refractivity contribution in [2.75, 3.05) is 12.4 Å². The smallest absolute Gasteiger partial charge is 0.307 e. The number of carbonyl (C=O) groups excluding carboxylic acids is 1. The number of nitro groups is 1. The van der Waals surface area contributed by atoms with Crippen LogP contribution in [0.1, 0.15) is 18.9 Å². The predicted octanol–water partition coefficient (Wildman–Crippen LogP) is 1.83. The number of esters is 1. The number of methoxy groups -OCH3 is 1. The Labute approximate surface area is 109 Å². The first kappa shape index (κ1) is 14.4. The van der Waals surface area contributed by atoms with Crippen molar-refractivity contribution in [3.8, 4) is 6.07 Å². The number of hydrogen-bond donors (Lipinski definition) is 1. The van der Waals surface area contributed by atoms with Crippen molar-refractivity contribution in [2.24, 2.45) is 0 Å². The minimum absolute atomic E-state index is 0.0909. The number of benzene rings is 1. The Bertz CT molecular complexity index is 536. The summed E-state index contributed by atoms with van der Waals surface area (Å²) >= 11 is 0. The number of ether oxygens (including phenoxy) is 1. The standard InChI is InChI=1S/C12H13N3O4/c1-8(5-12(16)19-2)14-10-4-3-9(7-13)6-11(10)15(17)18/h3-4,6,8,14H,5H2,1-2H3. The molecule has 1 aromatic carbocycles. The zero-order valence-corrected chi connectivity index (χ0v) is 10.5. The lowest BCUT2D eigenvalue weighted by Gasteiger charge is -2.14. The first-order chi connectivity index (χ1) is 8.97. The largest absolute Gasteiger partial charge is 0.469 e. The first-order valence-corrected chi connectivity index (χ1v) is 5.49. The molecule has 0 radical (unpaired) electrons. The second-order valence-corrected chi connectivity index (χ2v) is 3.93. The molecule has 0 amide bonds. The summed E-state index contributed by atoms with van der Waals surface area (Å²) in [6, 6.07) is 5.63. The van der Waals surface area contributed by atoms with Crippen LogP contribution in [-0.4, -0.2) is 24.0 Å². The van der Waals surface area contributed by atoms with Gasteiger partial charge in [-0.25, -0.2) is 0 Å². The van der Waals surface area contributed by atoms with Gasteiger partial charge in [0, 0.05) is 12.1 Å². The summed E-state index contributed by atoms with van der Waals surface area (Å²) in [6.07, 6.45) is 0.0909. The number of carbonyl (C=O) groups is 1. The molecule has 0 fully saturated rings. The molecule has 0 heterocycles. The molecule has 0 aliphatic rings. The summed E-state index contributed by atoms with van der Waals surface area (Å²) in [6.45, 7) is 1.71. The molecule has 0 aromatic heterocycles. The molecule has 19 heavy (non-hydrogen) atoms. The van der Waals surface area contributed by atoms with Crippen LogP contribution in [0, 0.1) is 21.4 Å². The van der Waals surface area contributed by atoms with Gasteiger partial charge in [-0.15, -0.1) is 0 Å². The lowest BCUT2D eigenvalue weighted by Crippen LogP contribution is -2.20. The molecule has 0 saturated heterocycles. The zero-order valence-electron chi connectivity index (χ0n) is 10.5. The molecule has 0 aliphatic heterocycles. The molecule has 1 aromatic rings. The summed E-state index contributed by atoms with van der Waals surface area (Å²) in [5.41, 5.74) is 0.272. The van der Waals surface area contributed by atoms with Gasteiger partial charge < -0.3 is 10.1 Å². The van der Waals surface area contributed by atoms with Gasteiger partial charge in [0.15, 0.2) is 0 Å². The van der Waals surface area contributed by atoms with Crippen LogP contribution in [0.3, 0.4) is 0 Å². The van der Waals surface area contributed by atoms with E-state index in [0.29, 0.717) is 0 Å². The Morgan fingerprint density at radius 2 is 2.32 bits per heavy atom. The highest BCUT2D eigenvalue weighted by Gasteiger charge is 2.17. The average Bonchev–Trinajstić information content (AvgIpc) is 2.38. The maximum atomic E-state index is 11.1. The highest BCUT2D eigenvalue weighted by molar-refractivity contribution is 5.71. The van der Waals surface area contributed by atoms with Crippen molar-refractivity contribution in [2.45, 2.75) is 19.4 Å². The molecule has 0 bridgehead atoms. The number of rotatable bonds is 5. The van der Waals surface area contributed by atoms with Gasteiger partial charge in [0.1, 0.15) is 5.69 Å². The topological polar surface area (TPSA) is 105 Å². The molecule has 1 N–H and O–H groups in total. The van der Waals surface area contributed by atoms with E-state index in [9.17, 15) is 14.9 Å². The Kier molecular flexibility index (Phi) is 4.83. The van der Waals surface area contributed by atoms with Crippen molar-refractivity contribution in [3.63, 3.8) is 0 Å². The zero-order chi connectivity index (χ0) is 14.4. The van der Waals surface area contributed by atoms with Crippen LogP contribution in [0.4, 0.5) is 11.4 Å². The number of nitrogens with one attached hydrogen (secondary N) is 1. The SMILES string of the molecule is COC(=O)CC(C)Nc1ccc(C#N)cc1[N+](=O)[O-]. The third kappa shape index (κ3) is 3.96. The Balaban J connectivity index is 2.92. The van der Waals surface area contributed by atoms with Gasteiger partial charge in [0.25, 0.3) is 5.69 Å². The summed E-state index contributed by atoms with van der Waals surface area (Å²) in [5.74, 6) is -0.406. The van der Waals surface area contributed by atoms with Crippen LogP contribution in [0.25, 0.3) is 0 Å². The third-order valence-corrected chi connectivity index (χ3v) is 2.43. The lowest BCUT2D eigenvalue weighted by atomic mass is 10.1. The number of nitriles is 1. The van der Waals surface area contributed by atoms with E-state index < -0.39 is 10.9 Å². The normalized spacial score (nSPS) is 11.2. The van der Waals surface area contributed by atoms with Crippen LogP contribution in [0.2, 0.25) is 0 Å². The second-order valence-electron chi connectivity index (χ2n) is 3.93. The number of nitro benzene ring substituents is 1. The summed E-state index contributed by atoms with van der Waals surface area (Å²) in [4.78, 5) is 21.4. The van der Waals surface area contributed by atoms with Gasteiger partial charge in [-0.1, -0.05) is 0 Å². The monoisotopic (exact) mass is 263 g/mol. The summed E-state index contributed by atoms with van der Waals surface area (Å²) in [5, 5.41) is 22.5. The summed E-state index contributed by atoms with van der Waals surface area (Å²) in [7, 11) is 1.28. The van der Waals surface area contributed by atoms with Crippen LogP contribution in [-0.2, 0) is 9.53 Å². The van der Waals surface area contributed by atoms with Crippen LogP contribution >= 0.6 is 0 Å². The quantitative estimate of drug-likeness (QED) is 0.493. The van der Waals surface area contributed by atoms with Crippen molar-refractivity contribution in [1.82, 2.24) is 0 Å². The third-order valence-electron chi connectivity index (χ3n) is 2.43. The molecule has 1 rings (SSSR count). The van der Waals surface area contributed by atoms with Gasteiger partial charge >= 0.3 is 5.97 Å².